The van der Waals surface area contributed by atoms with Gasteiger partial charge in [0.2, 0.25) is 0 Å². The Morgan fingerprint density at radius 3 is 2.68 bits per heavy atom. The molecular formula is C20H18N6O2. The van der Waals surface area contributed by atoms with Crippen LogP contribution >= 0.6 is 0 Å². The number of rotatable bonds is 5. The van der Waals surface area contributed by atoms with Crippen molar-refractivity contribution in [3.8, 4) is 22.7 Å². The van der Waals surface area contributed by atoms with Gasteiger partial charge in [-0.2, -0.15) is 10.2 Å². The van der Waals surface area contributed by atoms with Crippen LogP contribution in [0, 0.1) is 6.92 Å². The Morgan fingerprint density at radius 2 is 2.00 bits per heavy atom. The number of primary amides is 1. The van der Waals surface area contributed by atoms with Gasteiger partial charge in [-0.25, -0.2) is 9.48 Å². The van der Waals surface area contributed by atoms with Crippen molar-refractivity contribution in [1.29, 1.82) is 0 Å². The number of benzene rings is 2. The Labute approximate surface area is 161 Å². The van der Waals surface area contributed by atoms with E-state index >= 15 is 0 Å². The lowest BCUT2D eigenvalue weighted by Gasteiger charge is -2.08. The number of nitrogens with one attached hydrogen (secondary N) is 2. The summed E-state index contributed by atoms with van der Waals surface area (Å²) in [4.78, 5) is 10.8. The van der Waals surface area contributed by atoms with Crippen molar-refractivity contribution < 1.29 is 9.53 Å². The molecule has 2 heterocycles. The van der Waals surface area contributed by atoms with Crippen molar-refractivity contribution in [2.24, 2.45) is 5.73 Å². The molecule has 2 aromatic heterocycles. The molecule has 28 heavy (non-hydrogen) atoms. The SMILES string of the molecule is Cc1cc(OC(N)=O)ccc1Nc1cc(-c2ccc(-n3cccn3)cc2)[nH]n1. The monoisotopic (exact) mass is 374 g/mol. The molecule has 1 amide bonds. The number of aromatic nitrogens is 4. The molecule has 0 fully saturated rings. The number of hydrogen-bond acceptors (Lipinski definition) is 5. The second-order valence-electron chi connectivity index (χ2n) is 6.19. The Morgan fingerprint density at radius 1 is 1.18 bits per heavy atom. The minimum absolute atomic E-state index is 0.399. The maximum atomic E-state index is 10.8. The number of carbonyl (C=O) groups is 1. The molecule has 140 valence electrons. The van der Waals surface area contributed by atoms with Crippen molar-refractivity contribution in [1.82, 2.24) is 20.0 Å². The standard InChI is InChI=1S/C20H18N6O2/c1-13-11-16(28-20(21)27)7-8-17(13)23-19-12-18(24-25-19)14-3-5-15(6-4-14)26-10-2-9-22-26/h2-12H,1H3,(H2,21,27)(H2,23,24,25). The molecule has 0 saturated carbocycles. The molecule has 0 atom stereocenters. The molecule has 8 heteroatoms. The zero-order valence-electron chi connectivity index (χ0n) is 15.1. The van der Waals surface area contributed by atoms with E-state index in [0.29, 0.717) is 11.6 Å². The highest BCUT2D eigenvalue weighted by molar-refractivity contribution is 5.70. The average Bonchev–Trinajstić information content (AvgIpc) is 3.36. The Balaban J connectivity index is 1.49. The van der Waals surface area contributed by atoms with Crippen LogP contribution in [0.25, 0.3) is 16.9 Å². The molecule has 2 aromatic carbocycles. The van der Waals surface area contributed by atoms with Gasteiger partial charge in [-0.1, -0.05) is 12.1 Å². The zero-order chi connectivity index (χ0) is 19.5. The molecule has 0 aliphatic carbocycles. The number of nitrogens with zero attached hydrogens (tertiary/aromatic N) is 3. The van der Waals surface area contributed by atoms with Crippen LogP contribution in [-0.4, -0.2) is 26.1 Å². The van der Waals surface area contributed by atoms with Crippen LogP contribution in [0.15, 0.2) is 67.0 Å². The summed E-state index contributed by atoms with van der Waals surface area (Å²) in [5, 5.41) is 14.8. The van der Waals surface area contributed by atoms with Crippen molar-refractivity contribution in [2.75, 3.05) is 5.32 Å². The first kappa shape index (κ1) is 17.3. The quantitative estimate of drug-likeness (QED) is 0.492. The minimum atomic E-state index is -0.837. The van der Waals surface area contributed by atoms with Gasteiger partial charge < -0.3 is 15.8 Å². The van der Waals surface area contributed by atoms with Crippen molar-refractivity contribution >= 4 is 17.6 Å². The summed E-state index contributed by atoms with van der Waals surface area (Å²) in [5.41, 5.74) is 9.67. The Hall–Kier alpha value is -4.07. The number of anilines is 2. The molecule has 4 N–H and O–H groups in total. The van der Waals surface area contributed by atoms with Crippen LogP contribution in [-0.2, 0) is 0 Å². The number of H-pyrrole nitrogens is 1. The molecule has 0 saturated heterocycles. The second-order valence-corrected chi connectivity index (χ2v) is 6.19. The predicted molar refractivity (Wildman–Crippen MR) is 106 cm³/mol. The van der Waals surface area contributed by atoms with Crippen LogP contribution in [0.5, 0.6) is 5.75 Å². The van der Waals surface area contributed by atoms with Gasteiger partial charge in [-0.15, -0.1) is 0 Å². The molecule has 0 bridgehead atoms. The van der Waals surface area contributed by atoms with E-state index in [0.717, 1.165) is 28.2 Å². The lowest BCUT2D eigenvalue weighted by Crippen LogP contribution is -2.16. The largest absolute Gasteiger partial charge is 0.410 e. The number of hydrogen-bond donors (Lipinski definition) is 3. The van der Waals surface area contributed by atoms with Gasteiger partial charge in [0, 0.05) is 24.1 Å². The fraction of sp³-hybridized carbons (Fsp3) is 0.0500. The van der Waals surface area contributed by atoms with E-state index in [4.69, 9.17) is 10.5 Å². The first-order valence-corrected chi connectivity index (χ1v) is 8.59. The topological polar surface area (TPSA) is 111 Å². The van der Waals surface area contributed by atoms with Crippen LogP contribution in [0.2, 0.25) is 0 Å². The second kappa shape index (κ2) is 7.28. The molecule has 4 aromatic rings. The normalized spacial score (nSPS) is 10.6. The summed E-state index contributed by atoms with van der Waals surface area (Å²) < 4.78 is 6.69. The molecule has 4 rings (SSSR count). The number of ether oxygens (including phenoxy) is 1. The fourth-order valence-electron chi connectivity index (χ4n) is 2.84. The van der Waals surface area contributed by atoms with Crippen LogP contribution < -0.4 is 15.8 Å². The summed E-state index contributed by atoms with van der Waals surface area (Å²) >= 11 is 0. The maximum absolute atomic E-state index is 10.8. The third-order valence-corrected chi connectivity index (χ3v) is 4.20. The number of carbonyl (C=O) groups excluding carboxylic acids is 1. The van der Waals surface area contributed by atoms with Crippen molar-refractivity contribution in [3.63, 3.8) is 0 Å². The number of aryl methyl sites for hydroxylation is 1. The molecule has 8 nitrogen and oxygen atoms in total. The van der Waals surface area contributed by atoms with Gasteiger partial charge in [0.15, 0.2) is 5.82 Å². The lowest BCUT2D eigenvalue weighted by molar-refractivity contribution is 0.211. The zero-order valence-corrected chi connectivity index (χ0v) is 15.1. The smallest absolute Gasteiger partial charge is 0.409 e. The van der Waals surface area contributed by atoms with E-state index in [1.165, 1.54) is 0 Å². The van der Waals surface area contributed by atoms with Crippen LogP contribution in [0.3, 0.4) is 0 Å². The first-order valence-electron chi connectivity index (χ1n) is 8.59. The highest BCUT2D eigenvalue weighted by Gasteiger charge is 2.08. The third-order valence-electron chi connectivity index (χ3n) is 4.20. The molecule has 0 unspecified atom stereocenters. The van der Waals surface area contributed by atoms with Crippen molar-refractivity contribution in [2.45, 2.75) is 6.92 Å². The minimum Gasteiger partial charge on any atom is -0.410 e. The van der Waals surface area contributed by atoms with Crippen molar-refractivity contribution in [3.05, 3.63) is 72.6 Å². The number of aromatic amines is 1. The molecule has 0 aliphatic rings. The average molecular weight is 374 g/mol. The summed E-state index contributed by atoms with van der Waals surface area (Å²) in [6, 6.07) is 17.0. The van der Waals surface area contributed by atoms with E-state index in [2.05, 4.69) is 20.6 Å². The summed E-state index contributed by atoms with van der Waals surface area (Å²) in [6.45, 7) is 1.90. The van der Waals surface area contributed by atoms with E-state index in [9.17, 15) is 4.79 Å². The number of amides is 1. The Kier molecular flexibility index (Phi) is 4.51. The van der Waals surface area contributed by atoms with Crippen LogP contribution in [0.4, 0.5) is 16.3 Å². The van der Waals surface area contributed by atoms with E-state index in [-0.39, 0.29) is 0 Å². The first-order chi connectivity index (χ1) is 13.6. The number of nitrogens with two attached hydrogens (primary N) is 1. The molecule has 0 radical (unpaired) electrons. The highest BCUT2D eigenvalue weighted by atomic mass is 16.5. The highest BCUT2D eigenvalue weighted by Crippen LogP contribution is 2.26. The summed E-state index contributed by atoms with van der Waals surface area (Å²) in [7, 11) is 0. The predicted octanol–water partition coefficient (Wildman–Crippen LogP) is 3.77. The summed E-state index contributed by atoms with van der Waals surface area (Å²) in [5.74, 6) is 1.08. The fourth-order valence-corrected chi connectivity index (χ4v) is 2.84. The van der Waals surface area contributed by atoms with E-state index < -0.39 is 6.09 Å². The Bertz CT molecular complexity index is 1100. The van der Waals surface area contributed by atoms with Gasteiger partial charge in [0.1, 0.15) is 5.75 Å². The van der Waals surface area contributed by atoms with E-state index in [1.54, 1.807) is 29.1 Å². The molecular weight excluding hydrogens is 356 g/mol. The van der Waals surface area contributed by atoms with Crippen LogP contribution in [0.1, 0.15) is 5.56 Å². The van der Waals surface area contributed by atoms with Gasteiger partial charge in [0.05, 0.1) is 11.4 Å². The summed E-state index contributed by atoms with van der Waals surface area (Å²) in [6.07, 6.45) is 2.81. The van der Waals surface area contributed by atoms with Gasteiger partial charge >= 0.3 is 6.09 Å². The van der Waals surface area contributed by atoms with Gasteiger partial charge in [-0.05, 0) is 54.4 Å². The van der Waals surface area contributed by atoms with Gasteiger partial charge in [0.25, 0.3) is 0 Å². The third kappa shape index (κ3) is 3.70. The molecule has 0 aliphatic heterocycles. The maximum Gasteiger partial charge on any atom is 0.409 e. The van der Waals surface area contributed by atoms with Gasteiger partial charge in [-0.3, -0.25) is 5.10 Å². The lowest BCUT2D eigenvalue weighted by atomic mass is 10.1. The molecule has 0 spiro atoms. The van der Waals surface area contributed by atoms with E-state index in [1.807, 2.05) is 49.5 Å².